The minimum absolute atomic E-state index is 0.0928. The van der Waals surface area contributed by atoms with Crippen molar-refractivity contribution in [1.29, 1.82) is 0 Å². The van der Waals surface area contributed by atoms with Crippen LogP contribution in [0.15, 0.2) is 41.8 Å². The van der Waals surface area contributed by atoms with Gasteiger partial charge in [0.1, 0.15) is 17.1 Å². The number of rotatable bonds is 6. The summed E-state index contributed by atoms with van der Waals surface area (Å²) < 4.78 is 31.0. The highest BCUT2D eigenvalue weighted by atomic mass is 32.2. The van der Waals surface area contributed by atoms with Crippen molar-refractivity contribution < 1.29 is 18.3 Å². The Morgan fingerprint density at radius 1 is 1.31 bits per heavy atom. The molecule has 0 bridgehead atoms. The standard InChI is InChI=1S/C16H15F2N5O2S/c1-9(26-15-10-7-21-23(2)13(10)19-8-20-15)14(24)22-11-5-3-4-6-12(11)25-16(17)18/h3-9,16H,1-2H3,(H,22,24). The van der Waals surface area contributed by atoms with Crippen molar-refractivity contribution >= 4 is 34.4 Å². The van der Waals surface area contributed by atoms with Gasteiger partial charge < -0.3 is 10.1 Å². The number of anilines is 1. The summed E-state index contributed by atoms with van der Waals surface area (Å²) >= 11 is 1.23. The van der Waals surface area contributed by atoms with Crippen molar-refractivity contribution in [2.45, 2.75) is 23.8 Å². The van der Waals surface area contributed by atoms with E-state index in [0.29, 0.717) is 10.7 Å². The Morgan fingerprint density at radius 3 is 2.85 bits per heavy atom. The molecule has 0 spiro atoms. The van der Waals surface area contributed by atoms with E-state index in [0.717, 1.165) is 5.39 Å². The molecule has 0 aliphatic heterocycles. The minimum atomic E-state index is -2.97. The second-order valence-corrected chi connectivity index (χ2v) is 6.64. The van der Waals surface area contributed by atoms with Gasteiger partial charge in [-0.2, -0.15) is 13.9 Å². The lowest BCUT2D eigenvalue weighted by atomic mass is 10.3. The van der Waals surface area contributed by atoms with E-state index in [1.807, 2.05) is 0 Å². The van der Waals surface area contributed by atoms with Gasteiger partial charge in [0.05, 0.1) is 22.5 Å². The molecule has 2 heterocycles. The van der Waals surface area contributed by atoms with E-state index in [1.54, 1.807) is 37.0 Å². The van der Waals surface area contributed by atoms with Crippen molar-refractivity contribution in [3.05, 3.63) is 36.8 Å². The summed E-state index contributed by atoms with van der Waals surface area (Å²) in [5.74, 6) is -0.458. The Kier molecular flexibility index (Phi) is 5.31. The van der Waals surface area contributed by atoms with Gasteiger partial charge in [-0.3, -0.25) is 9.48 Å². The van der Waals surface area contributed by atoms with Crippen LogP contribution >= 0.6 is 11.8 Å². The number of aryl methyl sites for hydroxylation is 1. The SMILES string of the molecule is CC(Sc1ncnc2c1cnn2C)C(=O)Nc1ccccc1OC(F)F. The molecule has 136 valence electrons. The fourth-order valence-electron chi connectivity index (χ4n) is 2.26. The molecule has 2 aromatic heterocycles. The molecule has 1 atom stereocenters. The second kappa shape index (κ2) is 7.65. The molecule has 0 saturated carbocycles. The molecule has 1 N–H and O–H groups in total. The third-order valence-corrected chi connectivity index (χ3v) is 4.63. The van der Waals surface area contributed by atoms with E-state index >= 15 is 0 Å². The molecular formula is C16H15F2N5O2S. The highest BCUT2D eigenvalue weighted by Crippen LogP contribution is 2.30. The van der Waals surface area contributed by atoms with Crippen LogP contribution in [0.25, 0.3) is 11.0 Å². The molecular weight excluding hydrogens is 364 g/mol. The van der Waals surface area contributed by atoms with Crippen LogP contribution in [0.3, 0.4) is 0 Å². The lowest BCUT2D eigenvalue weighted by molar-refractivity contribution is -0.115. The Morgan fingerprint density at radius 2 is 2.08 bits per heavy atom. The first-order chi connectivity index (χ1) is 12.5. The highest BCUT2D eigenvalue weighted by Gasteiger charge is 2.20. The molecule has 1 unspecified atom stereocenters. The van der Waals surface area contributed by atoms with E-state index in [9.17, 15) is 13.6 Å². The third kappa shape index (κ3) is 3.90. The summed E-state index contributed by atoms with van der Waals surface area (Å²) in [7, 11) is 1.76. The number of alkyl halides is 2. The summed E-state index contributed by atoms with van der Waals surface area (Å²) in [4.78, 5) is 20.8. The molecule has 0 saturated heterocycles. The number of fused-ring (bicyclic) bond motifs is 1. The molecule has 0 radical (unpaired) electrons. The van der Waals surface area contributed by atoms with Gasteiger partial charge in [-0.25, -0.2) is 9.97 Å². The zero-order valence-electron chi connectivity index (χ0n) is 13.9. The highest BCUT2D eigenvalue weighted by molar-refractivity contribution is 8.00. The molecule has 0 fully saturated rings. The number of halogens is 2. The van der Waals surface area contributed by atoms with Crippen LogP contribution in [-0.2, 0) is 11.8 Å². The quantitative estimate of drug-likeness (QED) is 0.524. The maximum atomic E-state index is 12.5. The first-order valence-electron chi connectivity index (χ1n) is 7.59. The Balaban J connectivity index is 1.74. The minimum Gasteiger partial charge on any atom is -0.433 e. The van der Waals surface area contributed by atoms with Gasteiger partial charge in [0.25, 0.3) is 0 Å². The van der Waals surface area contributed by atoms with E-state index in [4.69, 9.17) is 0 Å². The molecule has 0 aliphatic carbocycles. The first kappa shape index (κ1) is 18.1. The number of nitrogens with zero attached hydrogens (tertiary/aromatic N) is 4. The van der Waals surface area contributed by atoms with Gasteiger partial charge in [0, 0.05) is 7.05 Å². The van der Waals surface area contributed by atoms with Crippen LogP contribution in [0.5, 0.6) is 5.75 Å². The van der Waals surface area contributed by atoms with E-state index < -0.39 is 11.9 Å². The maximum Gasteiger partial charge on any atom is 0.387 e. The van der Waals surface area contributed by atoms with Gasteiger partial charge in [-0.05, 0) is 19.1 Å². The number of ether oxygens (including phenoxy) is 1. The summed E-state index contributed by atoms with van der Waals surface area (Å²) in [5.41, 5.74) is 0.838. The average Bonchev–Trinajstić information content (AvgIpc) is 2.98. The number of thioether (sulfide) groups is 1. The molecule has 7 nitrogen and oxygen atoms in total. The molecule has 26 heavy (non-hydrogen) atoms. The monoisotopic (exact) mass is 379 g/mol. The van der Waals surface area contributed by atoms with Crippen LogP contribution in [0, 0.1) is 0 Å². The van der Waals surface area contributed by atoms with Gasteiger partial charge >= 0.3 is 6.61 Å². The zero-order valence-corrected chi connectivity index (χ0v) is 14.7. The van der Waals surface area contributed by atoms with Crippen LogP contribution in [0.2, 0.25) is 0 Å². The van der Waals surface area contributed by atoms with Gasteiger partial charge in [0.15, 0.2) is 5.65 Å². The lowest BCUT2D eigenvalue weighted by Gasteiger charge is -2.14. The van der Waals surface area contributed by atoms with Crippen LogP contribution in [0.1, 0.15) is 6.92 Å². The number of aromatic nitrogens is 4. The third-order valence-electron chi connectivity index (χ3n) is 3.51. The van der Waals surface area contributed by atoms with E-state index in [2.05, 4.69) is 25.1 Å². The van der Waals surface area contributed by atoms with Crippen molar-refractivity contribution in [1.82, 2.24) is 19.7 Å². The van der Waals surface area contributed by atoms with E-state index in [-0.39, 0.29) is 17.3 Å². The first-order valence-corrected chi connectivity index (χ1v) is 8.47. The topological polar surface area (TPSA) is 81.9 Å². The fraction of sp³-hybridized carbons (Fsp3) is 0.250. The summed E-state index contributed by atoms with van der Waals surface area (Å²) in [6.07, 6.45) is 3.04. The molecule has 3 rings (SSSR count). The van der Waals surface area contributed by atoms with Crippen LogP contribution < -0.4 is 10.1 Å². The Bertz CT molecular complexity index is 934. The van der Waals surface area contributed by atoms with Crippen molar-refractivity contribution in [2.75, 3.05) is 5.32 Å². The molecule has 3 aromatic rings. The molecule has 1 amide bonds. The van der Waals surface area contributed by atoms with Crippen molar-refractivity contribution in [2.24, 2.45) is 7.05 Å². The number of hydrogen-bond acceptors (Lipinski definition) is 6. The van der Waals surface area contributed by atoms with Gasteiger partial charge in [0.2, 0.25) is 5.91 Å². The predicted octanol–water partition coefficient (Wildman–Crippen LogP) is 3.08. The predicted molar refractivity (Wildman–Crippen MR) is 93.3 cm³/mol. The van der Waals surface area contributed by atoms with E-state index in [1.165, 1.54) is 30.2 Å². The smallest absolute Gasteiger partial charge is 0.387 e. The number of carbonyl (C=O) groups is 1. The number of benzene rings is 1. The number of hydrogen-bond donors (Lipinski definition) is 1. The maximum absolute atomic E-state index is 12.5. The van der Waals surface area contributed by atoms with Crippen molar-refractivity contribution in [3.8, 4) is 5.75 Å². The summed E-state index contributed by atoms with van der Waals surface area (Å²) in [6.45, 7) is -1.28. The zero-order chi connectivity index (χ0) is 18.7. The second-order valence-electron chi connectivity index (χ2n) is 5.31. The van der Waals surface area contributed by atoms with Gasteiger partial charge in [-0.1, -0.05) is 23.9 Å². The average molecular weight is 379 g/mol. The number of nitrogens with one attached hydrogen (secondary N) is 1. The Labute approximate surface area is 151 Å². The molecule has 0 aliphatic rings. The normalized spacial score (nSPS) is 12.3. The Hall–Kier alpha value is -2.75. The van der Waals surface area contributed by atoms with Crippen LogP contribution in [-0.4, -0.2) is 37.5 Å². The molecule has 10 heteroatoms. The fourth-order valence-corrected chi connectivity index (χ4v) is 3.14. The number of amides is 1. The summed E-state index contributed by atoms with van der Waals surface area (Å²) in [5, 5.41) is 7.55. The lowest BCUT2D eigenvalue weighted by Crippen LogP contribution is -2.23. The largest absolute Gasteiger partial charge is 0.433 e. The number of para-hydroxylation sites is 2. The number of carbonyl (C=O) groups excluding carboxylic acids is 1. The summed E-state index contributed by atoms with van der Waals surface area (Å²) in [6, 6.07) is 6.03. The molecule has 1 aromatic carbocycles. The van der Waals surface area contributed by atoms with Crippen molar-refractivity contribution in [3.63, 3.8) is 0 Å². The van der Waals surface area contributed by atoms with Gasteiger partial charge in [-0.15, -0.1) is 0 Å². The van der Waals surface area contributed by atoms with Crippen LogP contribution in [0.4, 0.5) is 14.5 Å².